The first-order valence-electron chi connectivity index (χ1n) is 4.73. The van der Waals surface area contributed by atoms with Crippen LogP contribution in [0, 0.1) is 11.3 Å². The van der Waals surface area contributed by atoms with Gasteiger partial charge < -0.3 is 5.32 Å². The lowest BCUT2D eigenvalue weighted by Gasteiger charge is -2.10. The van der Waals surface area contributed by atoms with E-state index in [4.69, 9.17) is 16.9 Å². The summed E-state index contributed by atoms with van der Waals surface area (Å²) in [6.07, 6.45) is 0.682. The van der Waals surface area contributed by atoms with Crippen molar-refractivity contribution in [2.45, 2.75) is 18.2 Å². The van der Waals surface area contributed by atoms with Crippen molar-refractivity contribution in [2.75, 3.05) is 5.32 Å². The van der Waals surface area contributed by atoms with Gasteiger partial charge in [0, 0.05) is 0 Å². The maximum atomic E-state index is 11.6. The third-order valence-corrected chi connectivity index (χ3v) is 3.39. The van der Waals surface area contributed by atoms with E-state index in [1.807, 2.05) is 13.0 Å². The summed E-state index contributed by atoms with van der Waals surface area (Å²) in [7, 11) is 0. The second-order valence-corrected chi connectivity index (χ2v) is 4.68. The van der Waals surface area contributed by atoms with Crippen molar-refractivity contribution >= 4 is 39.1 Å². The smallest absolute Gasteiger partial charge is 0.238 e. The van der Waals surface area contributed by atoms with E-state index in [1.165, 1.54) is 0 Å². The maximum Gasteiger partial charge on any atom is 0.238 e. The van der Waals surface area contributed by atoms with Crippen LogP contribution in [-0.4, -0.2) is 10.7 Å². The average molecular weight is 302 g/mol. The molecule has 0 aliphatic heterocycles. The fraction of sp³-hybridized carbons (Fsp3) is 0.273. The quantitative estimate of drug-likeness (QED) is 0.871. The highest BCUT2D eigenvalue weighted by Gasteiger charge is 2.13. The van der Waals surface area contributed by atoms with Crippen LogP contribution in [0.1, 0.15) is 18.9 Å². The Balaban J connectivity index is 2.89. The van der Waals surface area contributed by atoms with E-state index >= 15 is 0 Å². The van der Waals surface area contributed by atoms with Gasteiger partial charge in [0.2, 0.25) is 5.91 Å². The van der Waals surface area contributed by atoms with Crippen LogP contribution in [0.5, 0.6) is 0 Å². The minimum absolute atomic E-state index is 0.167. The summed E-state index contributed by atoms with van der Waals surface area (Å²) in [6, 6.07) is 6.73. The Bertz CT molecular complexity index is 442. The van der Waals surface area contributed by atoms with Crippen LogP contribution in [0.25, 0.3) is 0 Å². The molecule has 16 heavy (non-hydrogen) atoms. The van der Waals surface area contributed by atoms with Gasteiger partial charge in [-0.2, -0.15) is 5.26 Å². The third-order valence-electron chi connectivity index (χ3n) is 2.00. The first-order valence-corrected chi connectivity index (χ1v) is 6.02. The zero-order valence-corrected chi connectivity index (χ0v) is 11.0. The second kappa shape index (κ2) is 5.88. The predicted octanol–water partition coefficient (Wildman–Crippen LogP) is 3.32. The molecule has 1 aromatic rings. The Kier molecular flexibility index (Phi) is 4.78. The SMILES string of the molecule is CCC(Br)C(=O)Nc1cc(C#N)ccc1Cl. The monoisotopic (exact) mass is 300 g/mol. The summed E-state index contributed by atoms with van der Waals surface area (Å²) in [4.78, 5) is 11.3. The predicted molar refractivity (Wildman–Crippen MR) is 67.8 cm³/mol. The molecule has 1 unspecified atom stereocenters. The number of hydrogen-bond acceptors (Lipinski definition) is 2. The minimum atomic E-state index is -0.255. The summed E-state index contributed by atoms with van der Waals surface area (Å²) in [6.45, 7) is 1.90. The zero-order chi connectivity index (χ0) is 12.1. The van der Waals surface area contributed by atoms with Gasteiger partial charge in [0.15, 0.2) is 0 Å². The Hall–Kier alpha value is -1.05. The Morgan fingerprint density at radius 2 is 2.38 bits per heavy atom. The number of nitrogens with one attached hydrogen (secondary N) is 1. The fourth-order valence-corrected chi connectivity index (χ4v) is 1.37. The highest BCUT2D eigenvalue weighted by molar-refractivity contribution is 9.10. The van der Waals surface area contributed by atoms with Crippen LogP contribution in [0.2, 0.25) is 5.02 Å². The lowest BCUT2D eigenvalue weighted by Crippen LogP contribution is -2.22. The number of carbonyl (C=O) groups is 1. The molecule has 1 amide bonds. The standard InChI is InChI=1S/C11H10BrClN2O/c1-2-8(12)11(16)15-10-5-7(6-14)3-4-9(10)13/h3-5,8H,2H2,1H3,(H,15,16). The first-order chi connectivity index (χ1) is 7.58. The highest BCUT2D eigenvalue weighted by atomic mass is 79.9. The number of hydrogen-bond donors (Lipinski definition) is 1. The molecule has 1 atom stereocenters. The van der Waals surface area contributed by atoms with E-state index in [2.05, 4.69) is 21.2 Å². The van der Waals surface area contributed by atoms with Crippen molar-refractivity contribution in [3.05, 3.63) is 28.8 Å². The maximum absolute atomic E-state index is 11.6. The van der Waals surface area contributed by atoms with Crippen LogP contribution in [-0.2, 0) is 4.79 Å². The molecule has 0 aliphatic rings. The Morgan fingerprint density at radius 1 is 1.69 bits per heavy atom. The summed E-state index contributed by atoms with van der Waals surface area (Å²) in [5, 5.41) is 11.8. The van der Waals surface area contributed by atoms with Gasteiger partial charge in [0.05, 0.1) is 27.2 Å². The molecule has 1 aromatic carbocycles. The van der Waals surface area contributed by atoms with Crippen molar-refractivity contribution < 1.29 is 4.79 Å². The number of carbonyl (C=O) groups excluding carboxylic acids is 1. The molecule has 5 heteroatoms. The lowest BCUT2D eigenvalue weighted by molar-refractivity contribution is -0.115. The van der Waals surface area contributed by atoms with Crippen molar-refractivity contribution in [3.8, 4) is 6.07 Å². The van der Waals surface area contributed by atoms with Crippen LogP contribution in [0.4, 0.5) is 5.69 Å². The van der Waals surface area contributed by atoms with Gasteiger partial charge in [-0.3, -0.25) is 4.79 Å². The summed E-state index contributed by atoms with van der Waals surface area (Å²) >= 11 is 9.15. The van der Waals surface area contributed by atoms with Crippen molar-refractivity contribution in [1.29, 1.82) is 5.26 Å². The first kappa shape index (κ1) is 13.0. The van der Waals surface area contributed by atoms with E-state index in [1.54, 1.807) is 18.2 Å². The lowest BCUT2D eigenvalue weighted by atomic mass is 10.2. The molecule has 1 rings (SSSR count). The van der Waals surface area contributed by atoms with Crippen LogP contribution < -0.4 is 5.32 Å². The molecular weight excluding hydrogens is 291 g/mol. The minimum Gasteiger partial charge on any atom is -0.324 e. The summed E-state index contributed by atoms with van der Waals surface area (Å²) in [5.41, 5.74) is 0.922. The van der Waals surface area contributed by atoms with Crippen molar-refractivity contribution in [3.63, 3.8) is 0 Å². The molecule has 0 spiro atoms. The Labute approximate surface area is 108 Å². The number of anilines is 1. The van der Waals surface area contributed by atoms with E-state index in [0.717, 1.165) is 0 Å². The van der Waals surface area contributed by atoms with Crippen LogP contribution in [0.3, 0.4) is 0 Å². The fourth-order valence-electron chi connectivity index (χ4n) is 1.09. The van der Waals surface area contributed by atoms with Crippen molar-refractivity contribution in [1.82, 2.24) is 0 Å². The molecule has 0 aromatic heterocycles. The van der Waals surface area contributed by atoms with E-state index in [0.29, 0.717) is 22.7 Å². The molecule has 1 N–H and O–H groups in total. The van der Waals surface area contributed by atoms with Crippen molar-refractivity contribution in [2.24, 2.45) is 0 Å². The molecule has 0 saturated heterocycles. The topological polar surface area (TPSA) is 52.9 Å². The second-order valence-electron chi connectivity index (χ2n) is 3.17. The molecule has 3 nitrogen and oxygen atoms in total. The van der Waals surface area contributed by atoms with Gasteiger partial charge in [0.1, 0.15) is 0 Å². The number of halogens is 2. The molecule has 0 bridgehead atoms. The molecule has 0 saturated carbocycles. The summed E-state index contributed by atoms with van der Waals surface area (Å²) < 4.78 is 0. The number of benzene rings is 1. The molecule has 84 valence electrons. The number of amides is 1. The van der Waals surface area contributed by atoms with Gasteiger partial charge in [-0.25, -0.2) is 0 Å². The van der Waals surface area contributed by atoms with Gasteiger partial charge >= 0.3 is 0 Å². The van der Waals surface area contributed by atoms with Crippen LogP contribution >= 0.6 is 27.5 Å². The zero-order valence-electron chi connectivity index (χ0n) is 8.63. The average Bonchev–Trinajstić information content (AvgIpc) is 2.30. The normalized spacial score (nSPS) is 11.6. The van der Waals surface area contributed by atoms with Gasteiger partial charge in [-0.1, -0.05) is 34.5 Å². The van der Waals surface area contributed by atoms with E-state index in [9.17, 15) is 4.79 Å². The number of alkyl halides is 1. The number of rotatable bonds is 3. The molecule has 0 radical (unpaired) electrons. The largest absolute Gasteiger partial charge is 0.324 e. The molecule has 0 fully saturated rings. The Morgan fingerprint density at radius 3 is 2.94 bits per heavy atom. The van der Waals surface area contributed by atoms with Gasteiger partial charge in [-0.15, -0.1) is 0 Å². The van der Waals surface area contributed by atoms with E-state index < -0.39 is 0 Å². The molecule has 0 heterocycles. The molecular formula is C11H10BrClN2O. The van der Waals surface area contributed by atoms with Gasteiger partial charge in [-0.05, 0) is 24.6 Å². The van der Waals surface area contributed by atoms with E-state index in [-0.39, 0.29) is 10.7 Å². The number of nitrogens with zero attached hydrogens (tertiary/aromatic N) is 1. The highest BCUT2D eigenvalue weighted by Crippen LogP contribution is 2.23. The number of nitriles is 1. The third kappa shape index (κ3) is 3.22. The molecule has 0 aliphatic carbocycles. The van der Waals surface area contributed by atoms with Gasteiger partial charge in [0.25, 0.3) is 0 Å². The van der Waals surface area contributed by atoms with Crippen LogP contribution in [0.15, 0.2) is 18.2 Å². The summed E-state index contributed by atoms with van der Waals surface area (Å²) in [5.74, 6) is -0.167.